The van der Waals surface area contributed by atoms with Crippen molar-refractivity contribution in [2.24, 2.45) is 5.92 Å². The van der Waals surface area contributed by atoms with Crippen molar-refractivity contribution in [1.29, 1.82) is 0 Å². The largest absolute Gasteiger partial charge is 0.366 e. The molecule has 1 aromatic rings. The van der Waals surface area contributed by atoms with Crippen LogP contribution < -0.4 is 10.6 Å². The summed E-state index contributed by atoms with van der Waals surface area (Å²) < 4.78 is 0. The third-order valence-electron chi connectivity index (χ3n) is 3.22. The molecule has 2 N–H and O–H groups in total. The molecule has 1 aromatic heterocycles. The Morgan fingerprint density at radius 1 is 1.44 bits per heavy atom. The molecule has 2 rings (SSSR count). The first kappa shape index (κ1) is 12.8. The van der Waals surface area contributed by atoms with E-state index in [9.17, 15) is 4.79 Å². The van der Waals surface area contributed by atoms with Crippen molar-refractivity contribution >= 4 is 11.7 Å². The van der Waals surface area contributed by atoms with Gasteiger partial charge in [0, 0.05) is 13.1 Å². The first-order chi connectivity index (χ1) is 8.69. The van der Waals surface area contributed by atoms with Crippen LogP contribution in [0.1, 0.15) is 43.1 Å². The summed E-state index contributed by atoms with van der Waals surface area (Å²) in [7, 11) is 1.58. The van der Waals surface area contributed by atoms with Crippen molar-refractivity contribution in [3.05, 3.63) is 17.8 Å². The number of carbonyl (C=O) groups excluding carboxylic acids is 1. The van der Waals surface area contributed by atoms with Crippen LogP contribution in [0.4, 0.5) is 5.82 Å². The Labute approximate surface area is 107 Å². The Morgan fingerprint density at radius 2 is 2.22 bits per heavy atom. The molecule has 18 heavy (non-hydrogen) atoms. The van der Waals surface area contributed by atoms with E-state index in [0.29, 0.717) is 11.7 Å². The van der Waals surface area contributed by atoms with Gasteiger partial charge in [-0.1, -0.05) is 12.8 Å². The molecule has 0 radical (unpaired) electrons. The number of amides is 1. The lowest BCUT2D eigenvalue weighted by Gasteiger charge is -2.13. The lowest BCUT2D eigenvalue weighted by atomic mass is 10.1. The Bertz CT molecular complexity index is 400. The first-order valence-electron chi connectivity index (χ1n) is 6.51. The molecule has 1 saturated carbocycles. The highest BCUT2D eigenvalue weighted by Gasteiger charge is 2.21. The van der Waals surface area contributed by atoms with Gasteiger partial charge in [0.05, 0.1) is 0 Å². The third-order valence-corrected chi connectivity index (χ3v) is 3.22. The van der Waals surface area contributed by atoms with Gasteiger partial charge in [-0.05, 0) is 37.8 Å². The van der Waals surface area contributed by atoms with E-state index < -0.39 is 0 Å². The molecule has 1 amide bonds. The second-order valence-electron chi connectivity index (χ2n) is 4.95. The quantitative estimate of drug-likeness (QED) is 0.806. The topological polar surface area (TPSA) is 66.9 Å². The van der Waals surface area contributed by atoms with Gasteiger partial charge in [-0.3, -0.25) is 4.79 Å². The predicted molar refractivity (Wildman–Crippen MR) is 70.5 cm³/mol. The van der Waals surface area contributed by atoms with Gasteiger partial charge >= 0.3 is 0 Å². The zero-order valence-corrected chi connectivity index (χ0v) is 10.9. The number of aromatic nitrogens is 2. The Morgan fingerprint density at radius 3 is 2.78 bits per heavy atom. The summed E-state index contributed by atoms with van der Waals surface area (Å²) >= 11 is 0. The van der Waals surface area contributed by atoms with Crippen molar-refractivity contribution in [2.45, 2.75) is 38.6 Å². The van der Waals surface area contributed by atoms with Crippen LogP contribution in [0.5, 0.6) is 0 Å². The summed E-state index contributed by atoms with van der Waals surface area (Å²) in [5, 5.41) is 13.7. The van der Waals surface area contributed by atoms with Crippen LogP contribution >= 0.6 is 0 Å². The molecule has 1 aliphatic rings. The van der Waals surface area contributed by atoms with Gasteiger partial charge in [0.25, 0.3) is 5.91 Å². The number of nitrogens with one attached hydrogen (secondary N) is 2. The van der Waals surface area contributed by atoms with E-state index in [0.717, 1.165) is 18.2 Å². The summed E-state index contributed by atoms with van der Waals surface area (Å²) in [6.45, 7) is 2.15. The molecule has 0 spiro atoms. The normalized spacial score (nSPS) is 16.1. The number of nitrogens with zero attached hydrogens (tertiary/aromatic N) is 2. The lowest BCUT2D eigenvalue weighted by molar-refractivity contribution is 0.0957. The predicted octanol–water partition coefficient (Wildman–Crippen LogP) is 1.83. The molecule has 1 heterocycles. The number of hydrogen-bond donors (Lipinski definition) is 2. The van der Waals surface area contributed by atoms with E-state index in [1.54, 1.807) is 19.2 Å². The van der Waals surface area contributed by atoms with Crippen LogP contribution in [0, 0.1) is 5.92 Å². The van der Waals surface area contributed by atoms with Crippen molar-refractivity contribution in [1.82, 2.24) is 15.5 Å². The molecule has 5 nitrogen and oxygen atoms in total. The number of carbonyl (C=O) groups is 1. The molecule has 5 heteroatoms. The number of hydrogen-bond acceptors (Lipinski definition) is 4. The van der Waals surface area contributed by atoms with Gasteiger partial charge in [0.15, 0.2) is 5.69 Å². The highest BCUT2D eigenvalue weighted by Crippen LogP contribution is 2.34. The van der Waals surface area contributed by atoms with E-state index in [1.165, 1.54) is 19.3 Å². The van der Waals surface area contributed by atoms with Crippen molar-refractivity contribution in [3.63, 3.8) is 0 Å². The van der Waals surface area contributed by atoms with Crippen LogP contribution in [-0.4, -0.2) is 29.2 Å². The maximum Gasteiger partial charge on any atom is 0.271 e. The molecule has 0 saturated heterocycles. The highest BCUT2D eigenvalue weighted by molar-refractivity contribution is 5.91. The van der Waals surface area contributed by atoms with Gasteiger partial charge < -0.3 is 10.6 Å². The average Bonchev–Trinajstić information content (AvgIpc) is 3.20. The zero-order valence-electron chi connectivity index (χ0n) is 10.9. The van der Waals surface area contributed by atoms with Crippen LogP contribution in [0.3, 0.4) is 0 Å². The fourth-order valence-electron chi connectivity index (χ4n) is 1.88. The van der Waals surface area contributed by atoms with Crippen LogP contribution in [-0.2, 0) is 0 Å². The summed E-state index contributed by atoms with van der Waals surface area (Å²) in [5.41, 5.74) is 0.341. The standard InChI is InChI=1S/C13H20N4O/c1-9(3-4-10-5-6-10)15-12-8-7-11(16-17-12)13(18)14-2/h7-10H,3-6H2,1-2H3,(H,14,18)(H,15,17). The van der Waals surface area contributed by atoms with Crippen LogP contribution in [0.15, 0.2) is 12.1 Å². The molecule has 0 bridgehead atoms. The molecule has 0 aromatic carbocycles. The maximum absolute atomic E-state index is 11.3. The maximum atomic E-state index is 11.3. The molecule has 0 aliphatic heterocycles. The minimum Gasteiger partial charge on any atom is -0.366 e. The Kier molecular flexibility index (Phi) is 4.12. The molecule has 98 valence electrons. The summed E-state index contributed by atoms with van der Waals surface area (Å²) in [4.78, 5) is 11.3. The smallest absolute Gasteiger partial charge is 0.271 e. The van der Waals surface area contributed by atoms with Crippen LogP contribution in [0.25, 0.3) is 0 Å². The monoisotopic (exact) mass is 248 g/mol. The third kappa shape index (κ3) is 3.68. The van der Waals surface area contributed by atoms with E-state index in [1.807, 2.05) is 0 Å². The molecule has 1 fully saturated rings. The fourth-order valence-corrected chi connectivity index (χ4v) is 1.88. The van der Waals surface area contributed by atoms with Crippen molar-refractivity contribution < 1.29 is 4.79 Å². The lowest BCUT2D eigenvalue weighted by Crippen LogP contribution is -2.21. The van der Waals surface area contributed by atoms with E-state index in [-0.39, 0.29) is 5.91 Å². The van der Waals surface area contributed by atoms with Gasteiger partial charge in [-0.25, -0.2) is 0 Å². The van der Waals surface area contributed by atoms with Gasteiger partial charge in [-0.2, -0.15) is 0 Å². The van der Waals surface area contributed by atoms with E-state index >= 15 is 0 Å². The van der Waals surface area contributed by atoms with Gasteiger partial charge in [0.1, 0.15) is 5.82 Å². The van der Waals surface area contributed by atoms with Crippen LogP contribution in [0.2, 0.25) is 0 Å². The number of rotatable bonds is 6. The van der Waals surface area contributed by atoms with Crippen molar-refractivity contribution in [2.75, 3.05) is 12.4 Å². The number of anilines is 1. The molecule has 1 atom stereocenters. The highest BCUT2D eigenvalue weighted by atomic mass is 16.1. The first-order valence-corrected chi connectivity index (χ1v) is 6.51. The molecular formula is C13H20N4O. The molecular weight excluding hydrogens is 228 g/mol. The Hall–Kier alpha value is -1.65. The fraction of sp³-hybridized carbons (Fsp3) is 0.615. The second kappa shape index (κ2) is 5.80. The Balaban J connectivity index is 1.82. The zero-order chi connectivity index (χ0) is 13.0. The SMILES string of the molecule is CNC(=O)c1ccc(NC(C)CCC2CC2)nn1. The van der Waals surface area contributed by atoms with E-state index in [4.69, 9.17) is 0 Å². The van der Waals surface area contributed by atoms with Crippen molar-refractivity contribution in [3.8, 4) is 0 Å². The summed E-state index contributed by atoms with van der Waals surface area (Å²) in [6.07, 6.45) is 5.24. The summed E-state index contributed by atoms with van der Waals surface area (Å²) in [6, 6.07) is 3.87. The van der Waals surface area contributed by atoms with Gasteiger partial charge in [0.2, 0.25) is 0 Å². The minimum atomic E-state index is -0.212. The second-order valence-corrected chi connectivity index (χ2v) is 4.95. The van der Waals surface area contributed by atoms with Gasteiger partial charge in [-0.15, -0.1) is 10.2 Å². The molecule has 1 aliphatic carbocycles. The minimum absolute atomic E-state index is 0.212. The molecule has 1 unspecified atom stereocenters. The van der Waals surface area contributed by atoms with E-state index in [2.05, 4.69) is 27.8 Å². The average molecular weight is 248 g/mol. The summed E-state index contributed by atoms with van der Waals surface area (Å²) in [5.74, 6) is 1.47.